The van der Waals surface area contributed by atoms with E-state index in [4.69, 9.17) is 33.2 Å². The van der Waals surface area contributed by atoms with Gasteiger partial charge in [-0.25, -0.2) is 14.4 Å². The highest BCUT2D eigenvalue weighted by atomic mass is 32.1. The van der Waals surface area contributed by atoms with Gasteiger partial charge in [-0.1, -0.05) is 19.9 Å². The monoisotopic (exact) mass is 747 g/mol. The molecule has 1 aromatic heterocycles. The van der Waals surface area contributed by atoms with Crippen molar-refractivity contribution in [1.82, 2.24) is 14.1 Å². The molecule has 2 unspecified atom stereocenters. The minimum absolute atomic E-state index is 0.00595. The zero-order valence-electron chi connectivity index (χ0n) is 31.3. The molecule has 5 rings (SSSR count). The number of aromatic nitrogens is 2. The maximum absolute atomic E-state index is 14.3. The fraction of sp³-hybridized carbons (Fsp3) is 0.410. The molecule has 0 bridgehead atoms. The van der Waals surface area contributed by atoms with Crippen molar-refractivity contribution in [2.75, 3.05) is 20.8 Å². The van der Waals surface area contributed by atoms with Crippen molar-refractivity contribution < 1.29 is 47.5 Å². The first-order valence-corrected chi connectivity index (χ1v) is 18.1. The number of carbonyl (C=O) groups excluding carboxylic acids is 3. The summed E-state index contributed by atoms with van der Waals surface area (Å²) in [7, 11) is 3.05. The second-order valence-corrected chi connectivity index (χ2v) is 13.7. The van der Waals surface area contributed by atoms with Gasteiger partial charge in [-0.15, -0.1) is 0 Å². The number of alkyl carbamates (subject to hydrolysis) is 1. The van der Waals surface area contributed by atoms with Crippen molar-refractivity contribution in [3.8, 4) is 23.0 Å². The highest BCUT2D eigenvalue weighted by Crippen LogP contribution is 2.49. The zero-order valence-corrected chi connectivity index (χ0v) is 32.1. The highest BCUT2D eigenvalue weighted by molar-refractivity contribution is 7.00. The summed E-state index contributed by atoms with van der Waals surface area (Å²) in [5, 5.41) is 2.65. The number of hydrogen-bond donors (Lipinski definition) is 1. The van der Waals surface area contributed by atoms with Gasteiger partial charge in [0.1, 0.15) is 22.8 Å². The van der Waals surface area contributed by atoms with Crippen LogP contribution in [0.5, 0.6) is 23.0 Å². The lowest BCUT2D eigenvalue weighted by Crippen LogP contribution is -2.48. The molecular formula is C39H45N3O10S. The van der Waals surface area contributed by atoms with Crippen molar-refractivity contribution in [3.05, 3.63) is 76.9 Å². The standard InChI is InChI=1S/C39H45N3O10S/c1-10-48-37(44)34(21(2)3)40-38(45)52-39(26-12-14-27(46-8)15-13-26)28(33(36(43)51-39)25-11-16-29-30(20-25)42-53-41-29)17-24-18-31(47-9)35(50-23(6)7)32(19-24)49-22(4)5/h11-16,18-23,34H,10,17H2,1-9H3,(H,40,45). The Morgan fingerprint density at radius 2 is 1.55 bits per heavy atom. The Morgan fingerprint density at radius 3 is 2.17 bits per heavy atom. The molecule has 2 heterocycles. The lowest BCUT2D eigenvalue weighted by molar-refractivity contribution is -0.186. The molecule has 1 amide bonds. The normalized spacial score (nSPS) is 16.2. The van der Waals surface area contributed by atoms with Crippen LogP contribution in [0.25, 0.3) is 16.6 Å². The van der Waals surface area contributed by atoms with Crippen molar-refractivity contribution in [1.29, 1.82) is 0 Å². The number of methoxy groups -OCH3 is 2. The summed E-state index contributed by atoms with van der Waals surface area (Å²) in [5.41, 5.74) is 3.09. The van der Waals surface area contributed by atoms with Crippen LogP contribution < -0.4 is 24.3 Å². The minimum Gasteiger partial charge on any atom is -0.497 e. The Bertz CT molecular complexity index is 1990. The smallest absolute Gasteiger partial charge is 0.411 e. The molecule has 14 heteroatoms. The van der Waals surface area contributed by atoms with Crippen molar-refractivity contribution >= 4 is 46.4 Å². The number of carbonyl (C=O) groups is 3. The zero-order chi connectivity index (χ0) is 38.4. The Balaban J connectivity index is 1.75. The van der Waals surface area contributed by atoms with Gasteiger partial charge in [0.15, 0.2) is 11.5 Å². The molecule has 1 aliphatic rings. The first-order chi connectivity index (χ1) is 25.3. The second-order valence-electron chi connectivity index (χ2n) is 13.2. The van der Waals surface area contributed by atoms with E-state index >= 15 is 0 Å². The highest BCUT2D eigenvalue weighted by Gasteiger charge is 2.53. The van der Waals surface area contributed by atoms with Crippen LogP contribution in [-0.4, -0.2) is 65.9 Å². The van der Waals surface area contributed by atoms with Gasteiger partial charge in [-0.2, -0.15) is 8.75 Å². The number of rotatable bonds is 15. The summed E-state index contributed by atoms with van der Waals surface area (Å²) >= 11 is 1.05. The molecule has 4 aromatic rings. The number of esters is 2. The molecule has 1 N–H and O–H groups in total. The van der Waals surface area contributed by atoms with Crippen molar-refractivity contribution in [3.63, 3.8) is 0 Å². The van der Waals surface area contributed by atoms with E-state index in [-0.39, 0.29) is 42.3 Å². The molecule has 0 spiro atoms. The summed E-state index contributed by atoms with van der Waals surface area (Å²) in [4.78, 5) is 41.1. The average Bonchev–Trinajstić information content (AvgIpc) is 3.69. The number of benzene rings is 3. The topological polar surface area (TPSA) is 154 Å². The van der Waals surface area contributed by atoms with E-state index < -0.39 is 29.9 Å². The fourth-order valence-electron chi connectivity index (χ4n) is 5.95. The summed E-state index contributed by atoms with van der Waals surface area (Å²) in [5.74, 6) is -2.08. The summed E-state index contributed by atoms with van der Waals surface area (Å²) in [6, 6.07) is 14.4. The molecule has 282 valence electrons. The molecule has 53 heavy (non-hydrogen) atoms. The molecule has 0 radical (unpaired) electrons. The van der Waals surface area contributed by atoms with E-state index in [1.807, 2.05) is 27.7 Å². The van der Waals surface area contributed by atoms with Crippen LogP contribution in [0.3, 0.4) is 0 Å². The first-order valence-electron chi connectivity index (χ1n) is 17.3. The molecule has 3 aromatic carbocycles. The maximum atomic E-state index is 14.3. The van der Waals surface area contributed by atoms with Gasteiger partial charge in [0.05, 0.1) is 50.3 Å². The summed E-state index contributed by atoms with van der Waals surface area (Å²) in [6.45, 7) is 12.9. The molecule has 0 fully saturated rings. The molecule has 0 saturated heterocycles. The average molecular weight is 748 g/mol. The van der Waals surface area contributed by atoms with Crippen LogP contribution in [0.2, 0.25) is 0 Å². The SMILES string of the molecule is CCOC(=O)C(NC(=O)OC1(c2ccc(OC)cc2)OC(=O)C(c2ccc3nsnc3c2)=C1Cc1cc(OC)c(OC(C)C)c(OC(C)C)c1)C(C)C. The number of nitrogens with one attached hydrogen (secondary N) is 1. The number of amides is 1. The van der Waals surface area contributed by atoms with Crippen LogP contribution in [-0.2, 0) is 36.0 Å². The third-order valence-corrected chi connectivity index (χ3v) is 8.82. The number of ether oxygens (including phenoxy) is 7. The molecule has 2 atom stereocenters. The third kappa shape index (κ3) is 8.48. The van der Waals surface area contributed by atoms with Crippen LogP contribution in [0.4, 0.5) is 4.79 Å². The van der Waals surface area contributed by atoms with Gasteiger partial charge in [0.25, 0.3) is 0 Å². The van der Waals surface area contributed by atoms with Gasteiger partial charge >= 0.3 is 23.8 Å². The molecule has 13 nitrogen and oxygen atoms in total. The molecule has 1 aliphatic heterocycles. The lowest BCUT2D eigenvalue weighted by atomic mass is 9.87. The lowest BCUT2D eigenvalue weighted by Gasteiger charge is -2.32. The molecular weight excluding hydrogens is 703 g/mol. The fourth-order valence-corrected chi connectivity index (χ4v) is 6.47. The Labute approximate surface area is 312 Å². The van der Waals surface area contributed by atoms with E-state index in [0.29, 0.717) is 50.7 Å². The minimum atomic E-state index is -2.12. The number of hydrogen-bond acceptors (Lipinski definition) is 13. The maximum Gasteiger partial charge on any atom is 0.411 e. The van der Waals surface area contributed by atoms with Crippen LogP contribution >= 0.6 is 11.7 Å². The van der Waals surface area contributed by atoms with Gasteiger partial charge in [-0.05, 0) is 100 Å². The van der Waals surface area contributed by atoms with Gasteiger partial charge in [-0.3, -0.25) is 0 Å². The predicted molar refractivity (Wildman–Crippen MR) is 198 cm³/mol. The second kappa shape index (κ2) is 16.5. The Kier molecular flexibility index (Phi) is 12.1. The van der Waals surface area contributed by atoms with Crippen LogP contribution in [0.1, 0.15) is 65.2 Å². The van der Waals surface area contributed by atoms with Crippen LogP contribution in [0.15, 0.2) is 60.2 Å². The summed E-state index contributed by atoms with van der Waals surface area (Å²) in [6.07, 6.45) is -1.41. The molecule has 0 aliphatic carbocycles. The van der Waals surface area contributed by atoms with Gasteiger partial charge < -0.3 is 38.5 Å². The van der Waals surface area contributed by atoms with E-state index in [1.54, 1.807) is 75.4 Å². The van der Waals surface area contributed by atoms with E-state index in [9.17, 15) is 14.4 Å². The Hall–Kier alpha value is -5.37. The third-order valence-electron chi connectivity index (χ3n) is 8.27. The van der Waals surface area contributed by atoms with Gasteiger partial charge in [0, 0.05) is 17.6 Å². The largest absolute Gasteiger partial charge is 0.497 e. The number of cyclic esters (lactones) is 1. The van der Waals surface area contributed by atoms with Crippen molar-refractivity contribution in [2.45, 2.75) is 78.9 Å². The molecule has 0 saturated carbocycles. The predicted octanol–water partition coefficient (Wildman–Crippen LogP) is 7.00. The Morgan fingerprint density at radius 1 is 0.868 bits per heavy atom. The summed E-state index contributed by atoms with van der Waals surface area (Å²) < 4.78 is 49.9. The van der Waals surface area contributed by atoms with Crippen molar-refractivity contribution in [2.24, 2.45) is 5.92 Å². The van der Waals surface area contributed by atoms with Gasteiger partial charge in [0.2, 0.25) is 5.75 Å². The van der Waals surface area contributed by atoms with E-state index in [0.717, 1.165) is 11.7 Å². The first kappa shape index (κ1) is 38.9. The van der Waals surface area contributed by atoms with E-state index in [2.05, 4.69) is 14.1 Å². The number of nitrogens with zero attached hydrogens (tertiary/aromatic N) is 2. The quantitative estimate of drug-likeness (QED) is 0.125. The van der Waals surface area contributed by atoms with Crippen LogP contribution in [0, 0.1) is 5.92 Å². The van der Waals surface area contributed by atoms with E-state index in [1.165, 1.54) is 14.2 Å². The number of fused-ring (bicyclic) bond motifs is 1.